The second kappa shape index (κ2) is 8.02. The Labute approximate surface area is 146 Å². The first-order chi connectivity index (χ1) is 11.6. The number of anilines is 1. The number of benzene rings is 1. The molecular weight excluding hydrogens is 298 g/mol. The molecule has 1 saturated heterocycles. The highest BCUT2D eigenvalue weighted by atomic mass is 16.2. The highest BCUT2D eigenvalue weighted by molar-refractivity contribution is 5.77. The number of amides is 1. The molecule has 2 N–H and O–H groups in total. The second-order valence-electron chi connectivity index (χ2n) is 7.69. The zero-order valence-electron chi connectivity index (χ0n) is 15.1. The number of para-hydroxylation sites is 1. The average Bonchev–Trinajstić information content (AvgIpc) is 2.60. The van der Waals surface area contributed by atoms with Crippen LogP contribution in [0, 0.1) is 11.8 Å². The fraction of sp³-hybridized carbons (Fsp3) is 0.650. The minimum Gasteiger partial charge on any atom is -0.360 e. The maximum absolute atomic E-state index is 12.4. The summed E-state index contributed by atoms with van der Waals surface area (Å²) >= 11 is 0. The summed E-state index contributed by atoms with van der Waals surface area (Å²) in [5.74, 6) is 1.57. The molecule has 0 spiro atoms. The van der Waals surface area contributed by atoms with E-state index in [0.717, 1.165) is 38.5 Å². The molecule has 0 radical (unpaired) electrons. The summed E-state index contributed by atoms with van der Waals surface area (Å²) in [6, 6.07) is 11.0. The van der Waals surface area contributed by atoms with Crippen molar-refractivity contribution in [1.29, 1.82) is 0 Å². The Morgan fingerprint density at radius 1 is 1.17 bits per heavy atom. The van der Waals surface area contributed by atoms with Crippen LogP contribution in [0.3, 0.4) is 0 Å². The van der Waals surface area contributed by atoms with Crippen LogP contribution in [-0.4, -0.2) is 44.7 Å². The van der Waals surface area contributed by atoms with Crippen LogP contribution in [0.15, 0.2) is 30.3 Å². The Balaban J connectivity index is 1.43. The van der Waals surface area contributed by atoms with Crippen LogP contribution in [0.1, 0.15) is 33.1 Å². The van der Waals surface area contributed by atoms with Gasteiger partial charge < -0.3 is 15.1 Å². The monoisotopic (exact) mass is 330 g/mol. The fourth-order valence-corrected chi connectivity index (χ4v) is 4.17. The van der Waals surface area contributed by atoms with Gasteiger partial charge in [-0.05, 0) is 30.4 Å². The van der Waals surface area contributed by atoms with Crippen molar-refractivity contribution in [2.45, 2.75) is 39.2 Å². The van der Waals surface area contributed by atoms with Crippen LogP contribution in [0.5, 0.6) is 0 Å². The second-order valence-corrected chi connectivity index (χ2v) is 7.69. The maximum atomic E-state index is 12.4. The average molecular weight is 330 g/mol. The van der Waals surface area contributed by atoms with Gasteiger partial charge in [-0.15, -0.1) is 0 Å². The molecule has 24 heavy (non-hydrogen) atoms. The molecule has 1 aromatic rings. The lowest BCUT2D eigenvalue weighted by Gasteiger charge is -2.36. The number of nitrogens with zero attached hydrogens (tertiary/aromatic N) is 1. The van der Waals surface area contributed by atoms with Gasteiger partial charge in [-0.2, -0.15) is 0 Å². The number of quaternary nitrogens is 1. The van der Waals surface area contributed by atoms with Gasteiger partial charge in [0.2, 0.25) is 0 Å². The number of nitrogens with one attached hydrogen (secondary N) is 2. The summed E-state index contributed by atoms with van der Waals surface area (Å²) in [5.41, 5.74) is 1.30. The topological polar surface area (TPSA) is 36.8 Å². The quantitative estimate of drug-likeness (QED) is 0.874. The van der Waals surface area contributed by atoms with Gasteiger partial charge in [-0.1, -0.05) is 44.9 Å². The summed E-state index contributed by atoms with van der Waals surface area (Å²) in [6.45, 7) is 9.38. The van der Waals surface area contributed by atoms with E-state index in [4.69, 9.17) is 0 Å². The number of carbonyl (C=O) groups is 1. The van der Waals surface area contributed by atoms with Crippen molar-refractivity contribution in [2.75, 3.05) is 37.6 Å². The minimum absolute atomic E-state index is 0.240. The lowest BCUT2D eigenvalue weighted by molar-refractivity contribution is -0.892. The first-order valence-electron chi connectivity index (χ1n) is 9.56. The number of piperazine rings is 1. The van der Waals surface area contributed by atoms with Crippen molar-refractivity contribution in [1.82, 2.24) is 5.32 Å². The molecule has 2 aliphatic rings. The molecule has 1 saturated carbocycles. The molecule has 1 amide bonds. The van der Waals surface area contributed by atoms with E-state index in [0.29, 0.717) is 18.5 Å². The zero-order valence-corrected chi connectivity index (χ0v) is 15.1. The molecule has 1 aliphatic heterocycles. The molecule has 3 atom stereocenters. The lowest BCUT2D eigenvalue weighted by Crippen LogP contribution is -3.16. The van der Waals surface area contributed by atoms with Gasteiger partial charge in [0.15, 0.2) is 6.54 Å². The summed E-state index contributed by atoms with van der Waals surface area (Å²) in [4.78, 5) is 16.3. The van der Waals surface area contributed by atoms with Crippen LogP contribution in [-0.2, 0) is 4.79 Å². The molecule has 1 aliphatic carbocycles. The van der Waals surface area contributed by atoms with Crippen LogP contribution < -0.4 is 15.1 Å². The highest BCUT2D eigenvalue weighted by Crippen LogP contribution is 2.29. The van der Waals surface area contributed by atoms with Crippen molar-refractivity contribution >= 4 is 11.6 Å². The Hall–Kier alpha value is -1.55. The molecule has 1 aromatic carbocycles. The van der Waals surface area contributed by atoms with Crippen LogP contribution in [0.25, 0.3) is 0 Å². The molecule has 4 heteroatoms. The molecule has 0 bridgehead atoms. The number of rotatable bonds is 4. The SMILES string of the molecule is C[C@@H]1[C@H](C)CCC[C@@H]1NC(=O)C[NH+]1CCN(c2ccccc2)CC1. The van der Waals surface area contributed by atoms with Crippen molar-refractivity contribution in [2.24, 2.45) is 11.8 Å². The van der Waals surface area contributed by atoms with Gasteiger partial charge >= 0.3 is 0 Å². The van der Waals surface area contributed by atoms with Crippen molar-refractivity contribution in [3.8, 4) is 0 Å². The van der Waals surface area contributed by atoms with E-state index in [1.54, 1.807) is 0 Å². The molecule has 0 unspecified atom stereocenters. The Morgan fingerprint density at radius 2 is 1.88 bits per heavy atom. The van der Waals surface area contributed by atoms with E-state index in [1.165, 1.54) is 23.4 Å². The number of carbonyl (C=O) groups excluding carboxylic acids is 1. The maximum Gasteiger partial charge on any atom is 0.275 e. The number of hydrogen-bond acceptors (Lipinski definition) is 2. The molecule has 3 rings (SSSR count). The molecule has 4 nitrogen and oxygen atoms in total. The zero-order chi connectivity index (χ0) is 16.9. The Bertz CT molecular complexity index is 525. The lowest BCUT2D eigenvalue weighted by atomic mass is 9.78. The third kappa shape index (κ3) is 4.29. The van der Waals surface area contributed by atoms with E-state index < -0.39 is 0 Å². The van der Waals surface area contributed by atoms with Gasteiger partial charge in [-0.3, -0.25) is 4.79 Å². The predicted molar refractivity (Wildman–Crippen MR) is 98.3 cm³/mol. The van der Waals surface area contributed by atoms with Gasteiger partial charge in [0.1, 0.15) is 0 Å². The van der Waals surface area contributed by atoms with Gasteiger partial charge in [-0.25, -0.2) is 0 Å². The third-order valence-corrected chi connectivity index (χ3v) is 6.06. The van der Waals surface area contributed by atoms with Crippen molar-refractivity contribution in [3.05, 3.63) is 30.3 Å². The number of hydrogen-bond donors (Lipinski definition) is 2. The minimum atomic E-state index is 0.240. The van der Waals surface area contributed by atoms with Crippen molar-refractivity contribution < 1.29 is 9.69 Å². The van der Waals surface area contributed by atoms with Gasteiger partial charge in [0.05, 0.1) is 26.2 Å². The van der Waals surface area contributed by atoms with Crippen LogP contribution in [0.4, 0.5) is 5.69 Å². The van der Waals surface area contributed by atoms with Gasteiger partial charge in [0.25, 0.3) is 5.91 Å². The fourth-order valence-electron chi connectivity index (χ4n) is 4.17. The smallest absolute Gasteiger partial charge is 0.275 e. The summed E-state index contributed by atoms with van der Waals surface area (Å²) in [6.07, 6.45) is 3.70. The summed E-state index contributed by atoms with van der Waals surface area (Å²) in [5, 5.41) is 3.32. The van der Waals surface area contributed by atoms with E-state index in [2.05, 4.69) is 54.4 Å². The van der Waals surface area contributed by atoms with E-state index in [-0.39, 0.29) is 5.91 Å². The molecule has 2 fully saturated rings. The summed E-state index contributed by atoms with van der Waals surface area (Å²) < 4.78 is 0. The van der Waals surface area contributed by atoms with E-state index in [1.807, 2.05) is 0 Å². The largest absolute Gasteiger partial charge is 0.360 e. The standard InChI is InChI=1S/C20H31N3O/c1-16-7-6-10-19(17(16)2)21-20(24)15-22-11-13-23(14-12-22)18-8-4-3-5-9-18/h3-5,8-9,16-17,19H,6-7,10-15H2,1-2H3,(H,21,24)/p+1/t16-,17-,19+/m1/s1. The molecular formula is C20H32N3O+. The predicted octanol–water partition coefficient (Wildman–Crippen LogP) is 1.33. The molecule has 1 heterocycles. The van der Waals surface area contributed by atoms with Gasteiger partial charge in [0, 0.05) is 11.7 Å². The first kappa shape index (κ1) is 17.3. The van der Waals surface area contributed by atoms with Crippen molar-refractivity contribution in [3.63, 3.8) is 0 Å². The van der Waals surface area contributed by atoms with Crippen LogP contribution >= 0.6 is 0 Å². The normalized spacial score (nSPS) is 28.6. The van der Waals surface area contributed by atoms with E-state index >= 15 is 0 Å². The Kier molecular flexibility index (Phi) is 5.77. The van der Waals surface area contributed by atoms with Crippen LogP contribution in [0.2, 0.25) is 0 Å². The third-order valence-electron chi connectivity index (χ3n) is 6.06. The first-order valence-corrected chi connectivity index (χ1v) is 9.56. The molecule has 0 aromatic heterocycles. The highest BCUT2D eigenvalue weighted by Gasteiger charge is 2.29. The van der Waals surface area contributed by atoms with E-state index in [9.17, 15) is 4.79 Å². The summed E-state index contributed by atoms with van der Waals surface area (Å²) in [7, 11) is 0. The Morgan fingerprint density at radius 3 is 2.58 bits per heavy atom. The molecule has 132 valence electrons.